The minimum absolute atomic E-state index is 0.223. The number of thioether (sulfide) groups is 1. The van der Waals surface area contributed by atoms with E-state index in [9.17, 15) is 4.39 Å². The summed E-state index contributed by atoms with van der Waals surface area (Å²) in [5, 5.41) is 3.35. The molecule has 0 aliphatic carbocycles. The fourth-order valence-electron chi connectivity index (χ4n) is 3.03. The number of halogens is 1. The van der Waals surface area contributed by atoms with Crippen LogP contribution in [0.4, 0.5) is 10.3 Å². The lowest BCUT2D eigenvalue weighted by Crippen LogP contribution is -2.53. The van der Waals surface area contributed by atoms with Crippen molar-refractivity contribution >= 4 is 23.7 Å². The summed E-state index contributed by atoms with van der Waals surface area (Å²) in [4.78, 5) is 18.9. The van der Waals surface area contributed by atoms with Gasteiger partial charge in [0.15, 0.2) is 5.96 Å². The predicted molar refractivity (Wildman–Crippen MR) is 109 cm³/mol. The second kappa shape index (κ2) is 9.55. The van der Waals surface area contributed by atoms with Gasteiger partial charge in [0, 0.05) is 50.0 Å². The van der Waals surface area contributed by atoms with E-state index in [1.807, 2.05) is 18.4 Å². The van der Waals surface area contributed by atoms with Crippen LogP contribution in [0.15, 0.2) is 46.5 Å². The highest BCUT2D eigenvalue weighted by atomic mass is 32.2. The molecule has 1 N–H and O–H groups in total. The molecule has 1 fully saturated rings. The van der Waals surface area contributed by atoms with Gasteiger partial charge in [-0.25, -0.2) is 19.4 Å². The zero-order valence-electron chi connectivity index (χ0n) is 15.7. The molecule has 0 spiro atoms. The fraction of sp³-hybridized carbons (Fsp3) is 0.421. The smallest absolute Gasteiger partial charge is 0.225 e. The van der Waals surface area contributed by atoms with Crippen molar-refractivity contribution in [2.45, 2.75) is 18.4 Å². The molecular weight excluding hydrogens is 363 g/mol. The molecule has 0 saturated carbocycles. The van der Waals surface area contributed by atoms with E-state index in [2.05, 4.69) is 32.0 Å². The number of guanidine groups is 1. The molecular formula is C19H25FN6S. The van der Waals surface area contributed by atoms with E-state index in [0.29, 0.717) is 6.54 Å². The quantitative estimate of drug-likeness (QED) is 0.483. The van der Waals surface area contributed by atoms with Crippen molar-refractivity contribution in [3.63, 3.8) is 0 Å². The maximum atomic E-state index is 13.6. The first-order valence-electron chi connectivity index (χ1n) is 9.09. The molecule has 144 valence electrons. The molecule has 27 heavy (non-hydrogen) atoms. The Kier molecular flexibility index (Phi) is 6.86. The molecule has 0 unspecified atom stereocenters. The maximum Gasteiger partial charge on any atom is 0.225 e. The molecule has 2 aromatic rings. The van der Waals surface area contributed by atoms with Crippen molar-refractivity contribution in [3.05, 3.63) is 48.0 Å². The predicted octanol–water partition coefficient (Wildman–Crippen LogP) is 2.63. The third kappa shape index (κ3) is 5.09. The molecule has 1 aliphatic heterocycles. The van der Waals surface area contributed by atoms with Crippen LogP contribution in [-0.4, -0.2) is 59.8 Å². The van der Waals surface area contributed by atoms with Gasteiger partial charge in [-0.15, -0.1) is 11.8 Å². The number of aliphatic imine (C=N–C) groups is 1. The van der Waals surface area contributed by atoms with E-state index < -0.39 is 0 Å². The Hall–Kier alpha value is -2.35. The topological polar surface area (TPSA) is 56.7 Å². The van der Waals surface area contributed by atoms with Crippen LogP contribution in [0, 0.1) is 5.82 Å². The van der Waals surface area contributed by atoms with E-state index in [1.165, 1.54) is 6.07 Å². The second-order valence-corrected chi connectivity index (χ2v) is 7.00. The minimum Gasteiger partial charge on any atom is -0.357 e. The normalized spacial score (nSPS) is 15.1. The van der Waals surface area contributed by atoms with E-state index in [-0.39, 0.29) is 5.82 Å². The number of rotatable bonds is 5. The lowest BCUT2D eigenvalue weighted by molar-refractivity contribution is 0.370. The van der Waals surface area contributed by atoms with E-state index in [4.69, 9.17) is 4.99 Å². The Morgan fingerprint density at radius 3 is 2.63 bits per heavy atom. The number of anilines is 1. The van der Waals surface area contributed by atoms with E-state index in [1.54, 1.807) is 30.2 Å². The molecule has 0 amide bonds. The lowest BCUT2D eigenvalue weighted by atomic mass is 10.2. The number of aromatic nitrogens is 2. The van der Waals surface area contributed by atoms with Gasteiger partial charge >= 0.3 is 0 Å². The Bertz CT molecular complexity index is 762. The van der Waals surface area contributed by atoms with Crippen molar-refractivity contribution < 1.29 is 4.39 Å². The third-order valence-electron chi connectivity index (χ3n) is 4.39. The molecule has 0 atom stereocenters. The summed E-state index contributed by atoms with van der Waals surface area (Å²) >= 11 is 1.61. The Balaban J connectivity index is 1.67. The van der Waals surface area contributed by atoms with Gasteiger partial charge in [-0.2, -0.15) is 0 Å². The van der Waals surface area contributed by atoms with E-state index in [0.717, 1.165) is 55.1 Å². The van der Waals surface area contributed by atoms with Crippen LogP contribution in [0.1, 0.15) is 12.5 Å². The average molecular weight is 389 g/mol. The summed E-state index contributed by atoms with van der Waals surface area (Å²) in [5.41, 5.74) is 0.911. The number of nitrogens with one attached hydrogen (secondary N) is 1. The zero-order valence-corrected chi connectivity index (χ0v) is 16.5. The summed E-state index contributed by atoms with van der Waals surface area (Å²) in [6.45, 7) is 6.65. The number of nitrogens with zero attached hydrogens (tertiary/aromatic N) is 5. The molecule has 1 aliphatic rings. The van der Waals surface area contributed by atoms with Crippen molar-refractivity contribution in [3.8, 4) is 0 Å². The second-order valence-electron chi connectivity index (χ2n) is 6.15. The van der Waals surface area contributed by atoms with Gasteiger partial charge in [0.25, 0.3) is 0 Å². The summed E-state index contributed by atoms with van der Waals surface area (Å²) in [7, 11) is 0. The Morgan fingerprint density at radius 2 is 1.96 bits per heavy atom. The van der Waals surface area contributed by atoms with Crippen LogP contribution >= 0.6 is 11.8 Å². The van der Waals surface area contributed by atoms with Crippen LogP contribution in [0.25, 0.3) is 0 Å². The lowest BCUT2D eigenvalue weighted by Gasteiger charge is -2.36. The van der Waals surface area contributed by atoms with Crippen LogP contribution < -0.4 is 10.2 Å². The molecule has 0 radical (unpaired) electrons. The molecule has 6 nitrogen and oxygen atoms in total. The first kappa shape index (κ1) is 19.4. The first-order chi connectivity index (χ1) is 13.2. The zero-order chi connectivity index (χ0) is 19.1. The summed E-state index contributed by atoms with van der Waals surface area (Å²) < 4.78 is 13.6. The minimum atomic E-state index is -0.223. The van der Waals surface area contributed by atoms with Crippen LogP contribution in [0.2, 0.25) is 0 Å². The van der Waals surface area contributed by atoms with Gasteiger partial charge in [0.2, 0.25) is 5.95 Å². The Morgan fingerprint density at radius 1 is 1.22 bits per heavy atom. The highest BCUT2D eigenvalue weighted by Gasteiger charge is 2.21. The molecule has 0 bridgehead atoms. The highest BCUT2D eigenvalue weighted by molar-refractivity contribution is 7.98. The maximum absolute atomic E-state index is 13.6. The van der Waals surface area contributed by atoms with E-state index >= 15 is 0 Å². The summed E-state index contributed by atoms with van der Waals surface area (Å²) in [6.07, 6.45) is 5.53. The monoisotopic (exact) mass is 388 g/mol. The summed E-state index contributed by atoms with van der Waals surface area (Å²) in [5.74, 6) is 1.41. The third-order valence-corrected chi connectivity index (χ3v) is 5.23. The molecule has 2 heterocycles. The van der Waals surface area contributed by atoms with Crippen molar-refractivity contribution in [1.29, 1.82) is 0 Å². The van der Waals surface area contributed by atoms with Crippen LogP contribution in [-0.2, 0) is 6.54 Å². The van der Waals surface area contributed by atoms with Crippen molar-refractivity contribution in [1.82, 2.24) is 20.2 Å². The van der Waals surface area contributed by atoms with Gasteiger partial charge < -0.3 is 15.1 Å². The summed E-state index contributed by atoms with van der Waals surface area (Å²) in [6, 6.07) is 6.71. The van der Waals surface area contributed by atoms with Crippen molar-refractivity contribution in [2.24, 2.45) is 4.99 Å². The SMILES string of the molecule is CCNC(=NCc1cc(F)ccc1SC)N1CCN(c2ncccn2)CC1. The molecule has 1 aromatic heterocycles. The molecule has 1 saturated heterocycles. The van der Waals surface area contributed by atoms with Crippen LogP contribution in [0.5, 0.6) is 0 Å². The molecule has 3 rings (SSSR count). The number of hydrogen-bond donors (Lipinski definition) is 1. The average Bonchev–Trinajstić information content (AvgIpc) is 2.72. The molecule has 1 aromatic carbocycles. The van der Waals surface area contributed by atoms with Gasteiger partial charge in [0.05, 0.1) is 6.54 Å². The van der Waals surface area contributed by atoms with Gasteiger partial charge in [-0.05, 0) is 43.0 Å². The number of benzene rings is 1. The Labute approximate surface area is 163 Å². The molecule has 8 heteroatoms. The fourth-order valence-corrected chi connectivity index (χ4v) is 3.62. The van der Waals surface area contributed by atoms with Crippen molar-refractivity contribution in [2.75, 3.05) is 43.9 Å². The standard InChI is InChI=1S/C19H25FN6S/c1-3-21-18(24-14-15-13-16(20)5-6-17(15)27-2)25-9-11-26(12-10-25)19-22-7-4-8-23-19/h4-8,13H,3,9-12,14H2,1-2H3,(H,21,24). The number of hydrogen-bond acceptors (Lipinski definition) is 5. The first-order valence-corrected chi connectivity index (χ1v) is 10.3. The number of piperazine rings is 1. The van der Waals surface area contributed by atoms with Gasteiger partial charge in [-0.3, -0.25) is 0 Å². The van der Waals surface area contributed by atoms with Crippen LogP contribution in [0.3, 0.4) is 0 Å². The van der Waals surface area contributed by atoms with Gasteiger partial charge in [0.1, 0.15) is 5.82 Å². The highest BCUT2D eigenvalue weighted by Crippen LogP contribution is 2.22. The van der Waals surface area contributed by atoms with Gasteiger partial charge in [-0.1, -0.05) is 0 Å². The largest absolute Gasteiger partial charge is 0.357 e.